The van der Waals surface area contributed by atoms with Gasteiger partial charge in [0.15, 0.2) is 0 Å². The summed E-state index contributed by atoms with van der Waals surface area (Å²) in [5.41, 5.74) is 0. The van der Waals surface area contributed by atoms with E-state index in [0.29, 0.717) is 0 Å². The van der Waals surface area contributed by atoms with Gasteiger partial charge < -0.3 is 9.47 Å². The molecule has 0 N–H and O–H groups in total. The summed E-state index contributed by atoms with van der Waals surface area (Å²) in [5, 5.41) is 0. The molecule has 0 aromatic heterocycles. The molecule has 0 saturated carbocycles. The molecule has 5 heteroatoms. The molecular weight excluding hydrogens is 170 g/mol. The number of halogens is 2. The number of rotatable bonds is 4. The van der Waals surface area contributed by atoms with E-state index in [0.717, 1.165) is 12.2 Å². The fourth-order valence-electron chi connectivity index (χ4n) is 0.347. The summed E-state index contributed by atoms with van der Waals surface area (Å²) in [4.78, 5) is 10.4. The van der Waals surface area contributed by atoms with Crippen LogP contribution in [-0.4, -0.2) is 19.4 Å². The van der Waals surface area contributed by atoms with Crippen molar-refractivity contribution in [3.63, 3.8) is 0 Å². The van der Waals surface area contributed by atoms with Crippen molar-refractivity contribution in [3.05, 3.63) is 24.8 Å². The van der Waals surface area contributed by atoms with Crippen molar-refractivity contribution in [3.8, 4) is 0 Å². The van der Waals surface area contributed by atoms with Crippen LogP contribution in [0.3, 0.4) is 0 Å². The lowest BCUT2D eigenvalue weighted by molar-refractivity contribution is 0.0715. The standard InChI is InChI=1S/C7H8F2O3/c8-3-1-5-11-7(10)12-6-2-4-9/h1-4H,5-6H2. The van der Waals surface area contributed by atoms with E-state index >= 15 is 0 Å². The Morgan fingerprint density at radius 2 is 1.50 bits per heavy atom. The first-order valence-corrected chi connectivity index (χ1v) is 3.11. The maximum absolute atomic E-state index is 11.3. The van der Waals surface area contributed by atoms with Gasteiger partial charge in [-0.2, -0.15) is 0 Å². The molecule has 0 unspecified atom stereocenters. The predicted octanol–water partition coefficient (Wildman–Crippen LogP) is 2.11. The van der Waals surface area contributed by atoms with Gasteiger partial charge in [0.25, 0.3) is 0 Å². The van der Waals surface area contributed by atoms with Crippen LogP contribution in [0.25, 0.3) is 0 Å². The first kappa shape index (κ1) is 10.6. The average molecular weight is 178 g/mol. The number of carbonyl (C=O) groups excluding carboxylic acids is 1. The third-order valence-electron chi connectivity index (χ3n) is 0.773. The fourth-order valence-corrected chi connectivity index (χ4v) is 0.347. The molecule has 0 radical (unpaired) electrons. The minimum Gasteiger partial charge on any atom is -0.430 e. The molecule has 0 aliphatic heterocycles. The SMILES string of the molecule is O=C(OCC=CF)OCC=CF. The van der Waals surface area contributed by atoms with Crippen molar-refractivity contribution in [1.29, 1.82) is 0 Å². The zero-order valence-corrected chi connectivity index (χ0v) is 6.20. The Kier molecular flexibility index (Phi) is 6.82. The first-order valence-electron chi connectivity index (χ1n) is 3.11. The molecule has 0 bridgehead atoms. The topological polar surface area (TPSA) is 35.5 Å². The quantitative estimate of drug-likeness (QED) is 0.618. The Bertz CT molecular complexity index is 159. The van der Waals surface area contributed by atoms with Crippen LogP contribution in [0, 0.1) is 0 Å². The molecule has 0 saturated heterocycles. The Morgan fingerprint density at radius 1 is 1.08 bits per heavy atom. The molecule has 0 amide bonds. The summed E-state index contributed by atoms with van der Waals surface area (Å²) in [5.74, 6) is 0. The second kappa shape index (κ2) is 7.71. The molecular formula is C7H8F2O3. The molecule has 0 aromatic rings. The van der Waals surface area contributed by atoms with Gasteiger partial charge in [-0.05, 0) is 12.2 Å². The van der Waals surface area contributed by atoms with Crippen LogP contribution in [0.15, 0.2) is 24.8 Å². The zero-order chi connectivity index (χ0) is 9.23. The Morgan fingerprint density at radius 3 is 1.83 bits per heavy atom. The maximum Gasteiger partial charge on any atom is 0.508 e. The van der Waals surface area contributed by atoms with Gasteiger partial charge in [-0.1, -0.05) is 0 Å². The molecule has 0 atom stereocenters. The second-order valence-electron chi connectivity index (χ2n) is 1.60. The molecule has 3 nitrogen and oxygen atoms in total. The number of ether oxygens (including phenoxy) is 2. The predicted molar refractivity (Wildman–Crippen MR) is 37.8 cm³/mol. The Balaban J connectivity index is 3.33. The van der Waals surface area contributed by atoms with Gasteiger partial charge in [-0.15, -0.1) is 0 Å². The van der Waals surface area contributed by atoms with Crippen LogP contribution in [0.4, 0.5) is 13.6 Å². The molecule has 12 heavy (non-hydrogen) atoms. The summed E-state index contributed by atoms with van der Waals surface area (Å²) in [6.07, 6.45) is 1.51. The van der Waals surface area contributed by atoms with Crippen LogP contribution in [-0.2, 0) is 9.47 Å². The van der Waals surface area contributed by atoms with Crippen molar-refractivity contribution >= 4 is 6.16 Å². The molecule has 0 spiro atoms. The minimum absolute atomic E-state index is 0.200. The van der Waals surface area contributed by atoms with Crippen molar-refractivity contribution in [2.24, 2.45) is 0 Å². The molecule has 0 rings (SSSR count). The lowest BCUT2D eigenvalue weighted by atomic mass is 10.7. The van der Waals surface area contributed by atoms with Crippen LogP contribution in [0.5, 0.6) is 0 Å². The summed E-state index contributed by atoms with van der Waals surface area (Å²) in [7, 11) is 0. The third-order valence-corrected chi connectivity index (χ3v) is 0.773. The second-order valence-corrected chi connectivity index (χ2v) is 1.60. The van der Waals surface area contributed by atoms with Crippen molar-refractivity contribution in [2.75, 3.05) is 13.2 Å². The maximum atomic E-state index is 11.3. The van der Waals surface area contributed by atoms with Gasteiger partial charge in [-0.25, -0.2) is 13.6 Å². The van der Waals surface area contributed by atoms with E-state index in [4.69, 9.17) is 0 Å². The van der Waals surface area contributed by atoms with Gasteiger partial charge in [0, 0.05) is 0 Å². The monoisotopic (exact) mass is 178 g/mol. The number of hydrogen-bond donors (Lipinski definition) is 0. The van der Waals surface area contributed by atoms with E-state index in [-0.39, 0.29) is 25.9 Å². The van der Waals surface area contributed by atoms with Crippen molar-refractivity contribution in [2.45, 2.75) is 0 Å². The average Bonchev–Trinajstić information content (AvgIpc) is 2.06. The van der Waals surface area contributed by atoms with E-state index < -0.39 is 6.16 Å². The van der Waals surface area contributed by atoms with Crippen molar-refractivity contribution in [1.82, 2.24) is 0 Å². The lowest BCUT2D eigenvalue weighted by Crippen LogP contribution is -2.07. The zero-order valence-electron chi connectivity index (χ0n) is 6.20. The molecule has 0 aromatic carbocycles. The van der Waals surface area contributed by atoms with Crippen LogP contribution in [0.2, 0.25) is 0 Å². The van der Waals surface area contributed by atoms with Crippen LogP contribution >= 0.6 is 0 Å². The smallest absolute Gasteiger partial charge is 0.430 e. The molecule has 0 aliphatic rings. The van der Waals surface area contributed by atoms with Gasteiger partial charge in [0.2, 0.25) is 0 Å². The molecule has 0 aliphatic carbocycles. The van der Waals surface area contributed by atoms with E-state index in [9.17, 15) is 13.6 Å². The summed E-state index contributed by atoms with van der Waals surface area (Å²) in [6.45, 7) is -0.399. The normalized spacial score (nSPS) is 10.8. The lowest BCUT2D eigenvalue weighted by Gasteiger charge is -1.99. The highest BCUT2D eigenvalue weighted by Gasteiger charge is 1.98. The minimum atomic E-state index is -0.966. The van der Waals surface area contributed by atoms with Crippen molar-refractivity contribution < 1.29 is 23.0 Å². The largest absolute Gasteiger partial charge is 0.508 e. The highest BCUT2D eigenvalue weighted by molar-refractivity contribution is 5.60. The molecule has 0 fully saturated rings. The van der Waals surface area contributed by atoms with Gasteiger partial charge in [0.1, 0.15) is 13.2 Å². The fraction of sp³-hybridized carbons (Fsp3) is 0.286. The van der Waals surface area contributed by atoms with Gasteiger partial charge >= 0.3 is 6.16 Å². The van der Waals surface area contributed by atoms with E-state index in [1.54, 1.807) is 0 Å². The van der Waals surface area contributed by atoms with Crippen LogP contribution in [0.1, 0.15) is 0 Å². The summed E-state index contributed by atoms with van der Waals surface area (Å²) in [6, 6.07) is 0. The van der Waals surface area contributed by atoms with E-state index in [2.05, 4.69) is 9.47 Å². The molecule has 0 heterocycles. The first-order chi connectivity index (χ1) is 5.81. The van der Waals surface area contributed by atoms with Crippen LogP contribution < -0.4 is 0 Å². The van der Waals surface area contributed by atoms with E-state index in [1.807, 2.05) is 0 Å². The molecule has 68 valence electrons. The van der Waals surface area contributed by atoms with E-state index in [1.165, 1.54) is 0 Å². The number of hydrogen-bond acceptors (Lipinski definition) is 3. The summed E-state index contributed by atoms with van der Waals surface area (Å²) >= 11 is 0. The summed E-state index contributed by atoms with van der Waals surface area (Å²) < 4.78 is 31.1. The third kappa shape index (κ3) is 6.73. The van der Waals surface area contributed by atoms with Gasteiger partial charge in [-0.3, -0.25) is 0 Å². The highest BCUT2D eigenvalue weighted by Crippen LogP contribution is 1.87. The van der Waals surface area contributed by atoms with Gasteiger partial charge in [0.05, 0.1) is 12.7 Å². The number of carbonyl (C=O) groups is 1. The Hall–Kier alpha value is -1.39. The highest BCUT2D eigenvalue weighted by atomic mass is 19.1. The Labute approximate surface area is 68.3 Å².